The van der Waals surface area contributed by atoms with Gasteiger partial charge in [0.2, 0.25) is 0 Å². The van der Waals surface area contributed by atoms with Crippen molar-refractivity contribution >= 4 is 11.9 Å². The molecule has 0 aliphatic rings. The van der Waals surface area contributed by atoms with Crippen molar-refractivity contribution < 1.29 is 14.3 Å². The van der Waals surface area contributed by atoms with Gasteiger partial charge in [0.25, 0.3) is 0 Å². The lowest BCUT2D eigenvalue weighted by atomic mass is 9.93. The molecule has 0 aliphatic heterocycles. The maximum Gasteiger partial charge on any atom is 0.410 e. The number of carbonyl (C=O) groups excluding carboxylic acids is 2. The average molecular weight is 319 g/mol. The maximum atomic E-state index is 12.4. The highest BCUT2D eigenvalue weighted by molar-refractivity contribution is 5.86. The van der Waals surface area contributed by atoms with E-state index in [0.717, 1.165) is 5.56 Å². The van der Waals surface area contributed by atoms with E-state index in [4.69, 9.17) is 4.74 Å². The molecule has 0 aliphatic carbocycles. The van der Waals surface area contributed by atoms with Gasteiger partial charge in [-0.3, -0.25) is 9.69 Å². The molecule has 0 saturated carbocycles. The third kappa shape index (κ3) is 6.85. The van der Waals surface area contributed by atoms with Crippen LogP contribution in [0.1, 0.15) is 47.1 Å². The predicted molar refractivity (Wildman–Crippen MR) is 92.1 cm³/mol. The molecule has 1 aromatic rings. The zero-order valence-corrected chi connectivity index (χ0v) is 15.1. The van der Waals surface area contributed by atoms with Crippen LogP contribution in [-0.2, 0) is 16.1 Å². The molecule has 1 atom stereocenters. The quantitative estimate of drug-likeness (QED) is 0.786. The summed E-state index contributed by atoms with van der Waals surface area (Å²) in [6.45, 7) is 11.8. The van der Waals surface area contributed by atoms with Crippen molar-refractivity contribution in [2.45, 2.75) is 53.7 Å². The zero-order chi connectivity index (χ0) is 17.6. The van der Waals surface area contributed by atoms with Crippen LogP contribution in [0.3, 0.4) is 0 Å². The van der Waals surface area contributed by atoms with Gasteiger partial charge in [-0.15, -0.1) is 0 Å². The van der Waals surface area contributed by atoms with Crippen LogP contribution in [0.15, 0.2) is 30.3 Å². The summed E-state index contributed by atoms with van der Waals surface area (Å²) >= 11 is 0. The van der Waals surface area contributed by atoms with E-state index in [0.29, 0.717) is 6.54 Å². The second kappa shape index (κ2) is 8.14. The van der Waals surface area contributed by atoms with E-state index in [2.05, 4.69) is 0 Å². The number of ether oxygens (including phenoxy) is 1. The maximum absolute atomic E-state index is 12.4. The fraction of sp³-hybridized carbons (Fsp3) is 0.579. The van der Waals surface area contributed by atoms with E-state index in [9.17, 15) is 9.59 Å². The Morgan fingerprint density at radius 3 is 2.13 bits per heavy atom. The van der Waals surface area contributed by atoms with Crippen LogP contribution in [0.2, 0.25) is 0 Å². The minimum Gasteiger partial charge on any atom is -0.444 e. The Morgan fingerprint density at radius 1 is 1.09 bits per heavy atom. The van der Waals surface area contributed by atoms with Gasteiger partial charge in [-0.05, 0) is 32.3 Å². The first-order chi connectivity index (χ1) is 10.6. The molecular weight excluding hydrogens is 290 g/mol. The van der Waals surface area contributed by atoms with E-state index in [-0.39, 0.29) is 24.2 Å². The lowest BCUT2D eigenvalue weighted by molar-refractivity contribution is -0.124. The number of amides is 1. The summed E-state index contributed by atoms with van der Waals surface area (Å²) in [6, 6.07) is 9.64. The van der Waals surface area contributed by atoms with Gasteiger partial charge in [0.05, 0.1) is 6.54 Å². The van der Waals surface area contributed by atoms with E-state index in [1.165, 1.54) is 4.90 Å². The van der Waals surface area contributed by atoms with Gasteiger partial charge < -0.3 is 4.74 Å². The van der Waals surface area contributed by atoms with Crippen LogP contribution in [-0.4, -0.2) is 28.9 Å². The first kappa shape index (κ1) is 19.2. The van der Waals surface area contributed by atoms with Gasteiger partial charge in [-0.2, -0.15) is 0 Å². The van der Waals surface area contributed by atoms with Crippen molar-refractivity contribution in [3.8, 4) is 0 Å². The molecule has 1 rings (SSSR count). The second-order valence-corrected chi connectivity index (χ2v) is 7.32. The van der Waals surface area contributed by atoms with Crippen LogP contribution in [0.25, 0.3) is 0 Å². The molecule has 0 heterocycles. The van der Waals surface area contributed by atoms with Crippen molar-refractivity contribution in [2.24, 2.45) is 11.8 Å². The Labute approximate surface area is 139 Å². The number of hydrogen-bond donors (Lipinski definition) is 0. The molecule has 0 aromatic heterocycles. The lowest BCUT2D eigenvalue weighted by Crippen LogP contribution is -2.41. The Balaban J connectivity index is 2.88. The van der Waals surface area contributed by atoms with Crippen LogP contribution in [0.5, 0.6) is 0 Å². The van der Waals surface area contributed by atoms with Crippen LogP contribution in [0.4, 0.5) is 4.79 Å². The predicted octanol–water partition coefficient (Wildman–Crippen LogP) is 4.28. The Bertz CT molecular complexity index is 517. The molecule has 4 nitrogen and oxygen atoms in total. The molecular formula is C19H29NO3. The van der Waals surface area contributed by atoms with E-state index < -0.39 is 11.7 Å². The molecule has 0 spiro atoms. The molecule has 1 amide bonds. The van der Waals surface area contributed by atoms with Gasteiger partial charge in [-0.1, -0.05) is 51.1 Å². The topological polar surface area (TPSA) is 46.6 Å². The van der Waals surface area contributed by atoms with Crippen LogP contribution in [0, 0.1) is 11.8 Å². The number of carbonyl (C=O) groups is 2. The smallest absolute Gasteiger partial charge is 0.410 e. The number of rotatable bonds is 6. The third-order valence-electron chi connectivity index (χ3n) is 3.72. The Morgan fingerprint density at radius 2 is 1.65 bits per heavy atom. The largest absolute Gasteiger partial charge is 0.444 e. The second-order valence-electron chi connectivity index (χ2n) is 7.32. The summed E-state index contributed by atoms with van der Waals surface area (Å²) in [5.41, 5.74) is 0.391. The van der Waals surface area contributed by atoms with Crippen molar-refractivity contribution in [1.82, 2.24) is 4.90 Å². The molecule has 0 saturated heterocycles. The van der Waals surface area contributed by atoms with Crippen molar-refractivity contribution in [3.05, 3.63) is 35.9 Å². The molecule has 0 bridgehead atoms. The standard InChI is InChI=1S/C19H29NO3/c1-14(2)15(3)17(21)13-20(18(22)23-19(4,5)6)12-16-10-8-7-9-11-16/h7-11,14-15H,12-13H2,1-6H3. The fourth-order valence-electron chi connectivity index (χ4n) is 2.02. The summed E-state index contributed by atoms with van der Waals surface area (Å²) in [5, 5.41) is 0. The monoisotopic (exact) mass is 319 g/mol. The van der Waals surface area contributed by atoms with Crippen LogP contribution < -0.4 is 0 Å². The number of nitrogens with zero attached hydrogens (tertiary/aromatic N) is 1. The molecule has 4 heteroatoms. The first-order valence-corrected chi connectivity index (χ1v) is 8.14. The summed E-state index contributed by atoms with van der Waals surface area (Å²) in [4.78, 5) is 26.3. The van der Waals surface area contributed by atoms with E-state index in [1.54, 1.807) is 0 Å². The minimum absolute atomic E-state index is 0.0572. The third-order valence-corrected chi connectivity index (χ3v) is 3.72. The SMILES string of the molecule is CC(C)C(C)C(=O)CN(Cc1ccccc1)C(=O)OC(C)(C)C. The molecule has 0 N–H and O–H groups in total. The summed E-state index contributed by atoms with van der Waals surface area (Å²) in [6.07, 6.45) is -0.453. The van der Waals surface area contributed by atoms with Gasteiger partial charge >= 0.3 is 6.09 Å². The number of ketones is 1. The Hall–Kier alpha value is -1.84. The van der Waals surface area contributed by atoms with Gasteiger partial charge in [0, 0.05) is 12.5 Å². The van der Waals surface area contributed by atoms with E-state index in [1.807, 2.05) is 71.9 Å². The van der Waals surface area contributed by atoms with Gasteiger partial charge in [-0.25, -0.2) is 4.79 Å². The average Bonchev–Trinajstić information content (AvgIpc) is 2.44. The number of Topliss-reactive ketones (excluding diaryl/α,β-unsaturated/α-hetero) is 1. The normalized spacial score (nSPS) is 12.8. The minimum atomic E-state index is -0.585. The number of benzene rings is 1. The van der Waals surface area contributed by atoms with Crippen molar-refractivity contribution in [1.29, 1.82) is 0 Å². The summed E-state index contributed by atoms with van der Waals surface area (Å²) in [7, 11) is 0. The molecule has 0 fully saturated rings. The van der Waals surface area contributed by atoms with Gasteiger partial charge in [0.1, 0.15) is 5.60 Å². The van der Waals surface area contributed by atoms with Gasteiger partial charge in [0.15, 0.2) is 5.78 Å². The van der Waals surface area contributed by atoms with Crippen molar-refractivity contribution in [2.75, 3.05) is 6.54 Å². The van der Waals surface area contributed by atoms with Crippen LogP contribution >= 0.6 is 0 Å². The first-order valence-electron chi connectivity index (χ1n) is 8.14. The molecule has 128 valence electrons. The molecule has 1 unspecified atom stereocenters. The zero-order valence-electron chi connectivity index (χ0n) is 15.1. The summed E-state index contributed by atoms with van der Waals surface area (Å²) < 4.78 is 5.45. The van der Waals surface area contributed by atoms with E-state index >= 15 is 0 Å². The highest BCUT2D eigenvalue weighted by Gasteiger charge is 2.26. The summed E-state index contributed by atoms with van der Waals surface area (Å²) in [5.74, 6) is 0.220. The highest BCUT2D eigenvalue weighted by atomic mass is 16.6. The fourth-order valence-corrected chi connectivity index (χ4v) is 2.02. The molecule has 1 aromatic carbocycles. The molecule has 0 radical (unpaired) electrons. The Kier molecular flexibility index (Phi) is 6.79. The highest BCUT2D eigenvalue weighted by Crippen LogP contribution is 2.16. The van der Waals surface area contributed by atoms with Crippen molar-refractivity contribution in [3.63, 3.8) is 0 Å². The molecule has 23 heavy (non-hydrogen) atoms. The number of hydrogen-bond acceptors (Lipinski definition) is 3. The lowest BCUT2D eigenvalue weighted by Gasteiger charge is -2.28.